The fraction of sp³-hybridized carbons (Fsp3) is 0.333. The van der Waals surface area contributed by atoms with Crippen LogP contribution in [0.5, 0.6) is 5.75 Å². The second-order valence-corrected chi connectivity index (χ2v) is 5.13. The Hall–Kier alpha value is -1.24. The zero-order valence-corrected chi connectivity index (χ0v) is 9.02. The van der Waals surface area contributed by atoms with E-state index >= 15 is 0 Å². The van der Waals surface area contributed by atoms with E-state index in [0.717, 1.165) is 18.2 Å². The van der Waals surface area contributed by atoms with Crippen molar-refractivity contribution in [2.45, 2.75) is 18.2 Å². The molecule has 1 radical (unpaired) electrons. The van der Waals surface area contributed by atoms with E-state index in [9.17, 15) is 21.6 Å². The molecule has 3 nitrogen and oxygen atoms in total. The summed E-state index contributed by atoms with van der Waals surface area (Å²) in [6.07, 6.45) is -4.84. The molecule has 0 aliphatic heterocycles. The standard InChI is InChI=1S/C9H8F3O3S/c1-2-16(13,14)8-5-3-4-7(6-8)15-9(10,11)12/h4-6H,2H2,1H3. The molecular formula is C9H8F3O3S. The molecule has 0 fully saturated rings. The van der Waals surface area contributed by atoms with Gasteiger partial charge in [0.25, 0.3) is 0 Å². The second-order valence-electron chi connectivity index (χ2n) is 2.86. The molecule has 1 aromatic carbocycles. The van der Waals surface area contributed by atoms with Crippen molar-refractivity contribution in [2.75, 3.05) is 5.75 Å². The van der Waals surface area contributed by atoms with E-state index in [2.05, 4.69) is 10.8 Å². The summed E-state index contributed by atoms with van der Waals surface area (Å²) in [5, 5.41) is 0. The smallest absolute Gasteiger partial charge is 0.406 e. The van der Waals surface area contributed by atoms with Crippen molar-refractivity contribution in [1.29, 1.82) is 0 Å². The molecule has 1 aromatic rings. The summed E-state index contributed by atoms with van der Waals surface area (Å²) in [6, 6.07) is 5.13. The highest BCUT2D eigenvalue weighted by Crippen LogP contribution is 2.24. The Balaban J connectivity index is 3.06. The van der Waals surface area contributed by atoms with Crippen LogP contribution < -0.4 is 4.74 Å². The van der Waals surface area contributed by atoms with E-state index in [0.29, 0.717) is 0 Å². The minimum absolute atomic E-state index is 0.198. The Morgan fingerprint density at radius 2 is 2.00 bits per heavy atom. The van der Waals surface area contributed by atoms with Crippen molar-refractivity contribution in [3.8, 4) is 5.75 Å². The number of hydrogen-bond donors (Lipinski definition) is 0. The van der Waals surface area contributed by atoms with E-state index in [-0.39, 0.29) is 10.6 Å². The Morgan fingerprint density at radius 3 is 2.50 bits per heavy atom. The second kappa shape index (κ2) is 4.32. The lowest BCUT2D eigenvalue weighted by atomic mass is 10.3. The van der Waals surface area contributed by atoms with E-state index in [4.69, 9.17) is 0 Å². The van der Waals surface area contributed by atoms with Gasteiger partial charge < -0.3 is 4.74 Å². The molecule has 0 amide bonds. The van der Waals surface area contributed by atoms with Gasteiger partial charge in [-0.25, -0.2) is 8.42 Å². The van der Waals surface area contributed by atoms with Crippen molar-refractivity contribution in [1.82, 2.24) is 0 Å². The van der Waals surface area contributed by atoms with Crippen LogP contribution in [0.15, 0.2) is 23.1 Å². The first kappa shape index (κ1) is 12.8. The SMILES string of the molecule is CCS(=O)(=O)c1c[c]cc(OC(F)(F)F)c1. The molecule has 16 heavy (non-hydrogen) atoms. The fourth-order valence-corrected chi connectivity index (χ4v) is 1.84. The number of halogens is 3. The zero-order chi connectivity index (χ0) is 12.4. The van der Waals surface area contributed by atoms with Crippen molar-refractivity contribution < 1.29 is 26.3 Å². The third kappa shape index (κ3) is 3.41. The predicted molar refractivity (Wildman–Crippen MR) is 49.7 cm³/mol. The largest absolute Gasteiger partial charge is 0.573 e. The van der Waals surface area contributed by atoms with Crippen LogP contribution in [0.2, 0.25) is 0 Å². The van der Waals surface area contributed by atoms with Gasteiger partial charge >= 0.3 is 6.36 Å². The van der Waals surface area contributed by atoms with Gasteiger partial charge in [0, 0.05) is 0 Å². The number of rotatable bonds is 3. The molecule has 0 saturated carbocycles. The van der Waals surface area contributed by atoms with Crippen LogP contribution >= 0.6 is 0 Å². The first-order valence-corrected chi connectivity index (χ1v) is 5.89. The van der Waals surface area contributed by atoms with Gasteiger partial charge in [0.1, 0.15) is 5.75 Å². The molecule has 0 bridgehead atoms. The normalized spacial score (nSPS) is 12.5. The summed E-state index contributed by atoms with van der Waals surface area (Å²) in [4.78, 5) is -0.239. The Labute approximate surface area is 90.8 Å². The molecule has 0 unspecified atom stereocenters. The fourth-order valence-electron chi connectivity index (χ4n) is 0.968. The van der Waals surface area contributed by atoms with Gasteiger partial charge in [-0.2, -0.15) is 0 Å². The average Bonchev–Trinajstić information content (AvgIpc) is 2.15. The van der Waals surface area contributed by atoms with Gasteiger partial charge in [-0.15, -0.1) is 13.2 Å². The van der Waals surface area contributed by atoms with Gasteiger partial charge in [-0.3, -0.25) is 0 Å². The monoisotopic (exact) mass is 253 g/mol. The molecule has 0 N–H and O–H groups in total. The molecule has 0 aromatic heterocycles. The van der Waals surface area contributed by atoms with Crippen LogP contribution in [0, 0.1) is 6.07 Å². The molecule has 1 rings (SSSR count). The van der Waals surface area contributed by atoms with Gasteiger partial charge in [-0.05, 0) is 24.3 Å². The summed E-state index contributed by atoms with van der Waals surface area (Å²) in [5.74, 6) is -0.793. The number of hydrogen-bond acceptors (Lipinski definition) is 3. The van der Waals surface area contributed by atoms with E-state index in [1.807, 2.05) is 0 Å². The lowest BCUT2D eigenvalue weighted by molar-refractivity contribution is -0.274. The average molecular weight is 253 g/mol. The highest BCUT2D eigenvalue weighted by molar-refractivity contribution is 7.91. The topological polar surface area (TPSA) is 43.4 Å². The molecule has 0 atom stereocenters. The van der Waals surface area contributed by atoms with Crippen LogP contribution in [0.1, 0.15) is 6.92 Å². The summed E-state index contributed by atoms with van der Waals surface area (Å²) >= 11 is 0. The third-order valence-electron chi connectivity index (χ3n) is 1.71. The Kier molecular flexibility index (Phi) is 3.47. The van der Waals surface area contributed by atoms with Crippen molar-refractivity contribution in [2.24, 2.45) is 0 Å². The van der Waals surface area contributed by atoms with Crippen LogP contribution in [-0.2, 0) is 9.84 Å². The van der Waals surface area contributed by atoms with Gasteiger partial charge in [0.15, 0.2) is 9.84 Å². The highest BCUT2D eigenvalue weighted by Gasteiger charge is 2.31. The number of sulfone groups is 1. The molecule has 89 valence electrons. The zero-order valence-electron chi connectivity index (χ0n) is 8.21. The van der Waals surface area contributed by atoms with E-state index in [1.54, 1.807) is 0 Å². The summed E-state index contributed by atoms with van der Waals surface area (Å²) in [7, 11) is -3.55. The first-order valence-electron chi connectivity index (χ1n) is 4.24. The summed E-state index contributed by atoms with van der Waals surface area (Å²) in [6.45, 7) is 1.40. The van der Waals surface area contributed by atoms with Crippen molar-refractivity contribution in [3.63, 3.8) is 0 Å². The molecular weight excluding hydrogens is 245 g/mol. The quantitative estimate of drug-likeness (QED) is 0.829. The summed E-state index contributed by atoms with van der Waals surface area (Å²) < 4.78 is 61.9. The number of benzene rings is 1. The summed E-state index contributed by atoms with van der Waals surface area (Å²) in [5.41, 5.74) is 0. The van der Waals surface area contributed by atoms with Crippen molar-refractivity contribution in [3.05, 3.63) is 24.3 Å². The maximum Gasteiger partial charge on any atom is 0.573 e. The Bertz CT molecular complexity index is 465. The highest BCUT2D eigenvalue weighted by atomic mass is 32.2. The van der Waals surface area contributed by atoms with Gasteiger partial charge in [0.05, 0.1) is 10.6 Å². The van der Waals surface area contributed by atoms with Gasteiger partial charge in [-0.1, -0.05) is 6.92 Å². The predicted octanol–water partition coefficient (Wildman–Crippen LogP) is 2.18. The van der Waals surface area contributed by atoms with Crippen LogP contribution in [0.25, 0.3) is 0 Å². The minimum atomic E-state index is -4.84. The lowest BCUT2D eigenvalue weighted by Gasteiger charge is -2.09. The first-order chi connectivity index (χ1) is 7.24. The maximum absolute atomic E-state index is 11.9. The molecule has 0 saturated heterocycles. The maximum atomic E-state index is 11.9. The number of alkyl halides is 3. The lowest BCUT2D eigenvalue weighted by Crippen LogP contribution is -2.17. The third-order valence-corrected chi connectivity index (χ3v) is 3.42. The van der Waals surface area contributed by atoms with Gasteiger partial charge in [0.2, 0.25) is 0 Å². The van der Waals surface area contributed by atoms with Crippen molar-refractivity contribution >= 4 is 9.84 Å². The van der Waals surface area contributed by atoms with Crippen LogP contribution in [-0.4, -0.2) is 20.5 Å². The molecule has 7 heteroatoms. The van der Waals surface area contributed by atoms with E-state index in [1.165, 1.54) is 6.92 Å². The van der Waals surface area contributed by atoms with Crippen LogP contribution in [0.3, 0.4) is 0 Å². The Morgan fingerprint density at radius 1 is 1.38 bits per heavy atom. The molecule has 0 aliphatic rings. The molecule has 0 spiro atoms. The van der Waals surface area contributed by atoms with Crippen LogP contribution in [0.4, 0.5) is 13.2 Å². The number of ether oxygens (including phenoxy) is 1. The molecule has 0 heterocycles. The minimum Gasteiger partial charge on any atom is -0.406 e. The molecule has 0 aliphatic carbocycles. The van der Waals surface area contributed by atoms with E-state index < -0.39 is 21.9 Å².